The van der Waals surface area contributed by atoms with Gasteiger partial charge in [0.1, 0.15) is 11.4 Å². The van der Waals surface area contributed by atoms with Gasteiger partial charge in [0.2, 0.25) is 0 Å². The summed E-state index contributed by atoms with van der Waals surface area (Å²) in [7, 11) is 1.48. The summed E-state index contributed by atoms with van der Waals surface area (Å²) < 4.78 is 5.40. The lowest BCUT2D eigenvalue weighted by molar-refractivity contribution is -0.120. The molecule has 4 rings (SSSR count). The molecule has 0 aliphatic carbocycles. The standard InChI is InChI=1S/C25H21ClN2O3/c1-15-9-10-16(2)19(13-15)27-23-22(17-7-5-4-6-8-17)24(29)28(25(23)30)20-14-18(26)11-12-21(20)31-3/h4-14,27H,1-3H3. The second kappa shape index (κ2) is 8.28. The van der Waals surface area contributed by atoms with Gasteiger partial charge in [-0.2, -0.15) is 0 Å². The van der Waals surface area contributed by atoms with Gasteiger partial charge in [0.25, 0.3) is 11.8 Å². The largest absolute Gasteiger partial charge is 0.495 e. The first-order valence-corrected chi connectivity index (χ1v) is 10.1. The average molecular weight is 433 g/mol. The number of benzene rings is 3. The van der Waals surface area contributed by atoms with E-state index in [2.05, 4.69) is 5.32 Å². The molecule has 0 radical (unpaired) electrons. The Labute approximate surface area is 185 Å². The minimum absolute atomic E-state index is 0.215. The summed E-state index contributed by atoms with van der Waals surface area (Å²) >= 11 is 6.17. The van der Waals surface area contributed by atoms with Gasteiger partial charge in [0, 0.05) is 10.7 Å². The molecule has 3 aromatic rings. The second-order valence-corrected chi connectivity index (χ2v) is 7.76. The van der Waals surface area contributed by atoms with E-state index in [1.165, 1.54) is 7.11 Å². The summed E-state index contributed by atoms with van der Waals surface area (Å²) in [6.07, 6.45) is 0. The van der Waals surface area contributed by atoms with E-state index in [9.17, 15) is 9.59 Å². The fourth-order valence-corrected chi connectivity index (χ4v) is 3.75. The Bertz CT molecular complexity index is 1220. The number of imide groups is 1. The van der Waals surface area contributed by atoms with E-state index < -0.39 is 11.8 Å². The van der Waals surface area contributed by atoms with Crippen molar-refractivity contribution in [2.75, 3.05) is 17.3 Å². The number of rotatable bonds is 5. The third kappa shape index (κ3) is 3.80. The van der Waals surface area contributed by atoms with Crippen LogP contribution in [-0.4, -0.2) is 18.9 Å². The Morgan fingerprint density at radius 2 is 1.65 bits per heavy atom. The Morgan fingerprint density at radius 1 is 0.903 bits per heavy atom. The molecule has 0 bridgehead atoms. The van der Waals surface area contributed by atoms with Crippen molar-refractivity contribution in [3.8, 4) is 5.75 Å². The molecule has 1 heterocycles. The van der Waals surface area contributed by atoms with Crippen LogP contribution < -0.4 is 15.0 Å². The third-order valence-electron chi connectivity index (χ3n) is 5.18. The van der Waals surface area contributed by atoms with Crippen LogP contribution in [0.3, 0.4) is 0 Å². The van der Waals surface area contributed by atoms with E-state index in [4.69, 9.17) is 16.3 Å². The number of anilines is 2. The van der Waals surface area contributed by atoms with Crippen LogP contribution >= 0.6 is 11.6 Å². The average Bonchev–Trinajstić information content (AvgIpc) is 3.00. The van der Waals surface area contributed by atoms with E-state index >= 15 is 0 Å². The van der Waals surface area contributed by atoms with Crippen molar-refractivity contribution in [2.24, 2.45) is 0 Å². The fourth-order valence-electron chi connectivity index (χ4n) is 3.58. The molecule has 0 saturated carbocycles. The van der Waals surface area contributed by atoms with Crippen LogP contribution in [0.5, 0.6) is 5.75 Å². The monoisotopic (exact) mass is 432 g/mol. The second-order valence-electron chi connectivity index (χ2n) is 7.32. The number of ether oxygens (including phenoxy) is 1. The molecular weight excluding hydrogens is 412 g/mol. The normalized spacial score (nSPS) is 13.7. The zero-order valence-electron chi connectivity index (χ0n) is 17.4. The van der Waals surface area contributed by atoms with E-state index in [0.29, 0.717) is 27.6 Å². The van der Waals surface area contributed by atoms with Gasteiger partial charge in [-0.25, -0.2) is 4.90 Å². The molecule has 0 spiro atoms. The van der Waals surface area contributed by atoms with Crippen molar-refractivity contribution in [3.05, 3.63) is 94.1 Å². The first kappa shape index (κ1) is 20.7. The van der Waals surface area contributed by atoms with Crippen LogP contribution in [0.4, 0.5) is 11.4 Å². The lowest BCUT2D eigenvalue weighted by atomic mass is 10.0. The van der Waals surface area contributed by atoms with Gasteiger partial charge < -0.3 is 10.1 Å². The quantitative estimate of drug-likeness (QED) is 0.551. The molecule has 6 heteroatoms. The van der Waals surface area contributed by atoms with Gasteiger partial charge in [-0.1, -0.05) is 54.1 Å². The van der Waals surface area contributed by atoms with Gasteiger partial charge in [-0.05, 0) is 54.8 Å². The number of nitrogens with zero attached hydrogens (tertiary/aromatic N) is 1. The maximum absolute atomic E-state index is 13.6. The van der Waals surface area contributed by atoms with Crippen LogP contribution in [-0.2, 0) is 9.59 Å². The smallest absolute Gasteiger partial charge is 0.282 e. The molecule has 2 amide bonds. The number of amides is 2. The van der Waals surface area contributed by atoms with Gasteiger partial charge >= 0.3 is 0 Å². The molecule has 0 fully saturated rings. The van der Waals surface area contributed by atoms with Crippen molar-refractivity contribution in [1.29, 1.82) is 0 Å². The summed E-state index contributed by atoms with van der Waals surface area (Å²) in [5.41, 5.74) is 4.24. The fraction of sp³-hybridized carbons (Fsp3) is 0.120. The predicted molar refractivity (Wildman–Crippen MR) is 123 cm³/mol. The highest BCUT2D eigenvalue weighted by Gasteiger charge is 2.41. The lowest BCUT2D eigenvalue weighted by Crippen LogP contribution is -2.32. The molecule has 0 aromatic heterocycles. The molecule has 3 aromatic carbocycles. The molecule has 0 atom stereocenters. The van der Waals surface area contributed by atoms with Crippen LogP contribution in [0.25, 0.3) is 5.57 Å². The first-order valence-electron chi connectivity index (χ1n) is 9.77. The number of halogens is 1. The lowest BCUT2D eigenvalue weighted by Gasteiger charge is -2.19. The number of carbonyl (C=O) groups excluding carboxylic acids is 2. The number of nitrogens with one attached hydrogen (secondary N) is 1. The van der Waals surface area contributed by atoms with Crippen molar-refractivity contribution in [2.45, 2.75) is 13.8 Å². The van der Waals surface area contributed by atoms with E-state index in [0.717, 1.165) is 21.7 Å². The Hall–Kier alpha value is -3.57. The molecule has 0 saturated heterocycles. The van der Waals surface area contributed by atoms with Gasteiger partial charge in [0.05, 0.1) is 18.4 Å². The van der Waals surface area contributed by atoms with Crippen LogP contribution in [0.1, 0.15) is 16.7 Å². The van der Waals surface area contributed by atoms with Crippen molar-refractivity contribution >= 4 is 40.4 Å². The van der Waals surface area contributed by atoms with Crippen LogP contribution in [0, 0.1) is 13.8 Å². The summed E-state index contributed by atoms with van der Waals surface area (Å²) in [4.78, 5) is 28.2. The number of hydrogen-bond donors (Lipinski definition) is 1. The topological polar surface area (TPSA) is 58.6 Å². The van der Waals surface area contributed by atoms with Gasteiger partial charge in [0.15, 0.2) is 0 Å². The number of methoxy groups -OCH3 is 1. The van der Waals surface area contributed by atoms with Crippen molar-refractivity contribution in [1.82, 2.24) is 0 Å². The highest BCUT2D eigenvalue weighted by Crippen LogP contribution is 2.39. The minimum atomic E-state index is -0.467. The predicted octanol–water partition coefficient (Wildman–Crippen LogP) is 5.36. The molecule has 1 aliphatic rings. The molecule has 1 N–H and O–H groups in total. The first-order chi connectivity index (χ1) is 14.9. The Balaban J connectivity index is 1.87. The SMILES string of the molecule is COc1ccc(Cl)cc1N1C(=O)C(Nc2cc(C)ccc2C)=C(c2ccccc2)C1=O. The molecule has 31 heavy (non-hydrogen) atoms. The minimum Gasteiger partial charge on any atom is -0.495 e. The molecule has 156 valence electrons. The maximum atomic E-state index is 13.6. The van der Waals surface area contributed by atoms with Crippen molar-refractivity contribution < 1.29 is 14.3 Å². The van der Waals surface area contributed by atoms with E-state index in [-0.39, 0.29) is 5.70 Å². The Morgan fingerprint density at radius 3 is 2.35 bits per heavy atom. The zero-order valence-corrected chi connectivity index (χ0v) is 18.2. The number of aryl methyl sites for hydroxylation is 2. The van der Waals surface area contributed by atoms with Crippen LogP contribution in [0.15, 0.2) is 72.4 Å². The zero-order chi connectivity index (χ0) is 22.1. The van der Waals surface area contributed by atoms with E-state index in [1.807, 2.05) is 62.4 Å². The van der Waals surface area contributed by atoms with Gasteiger partial charge in [-0.3, -0.25) is 9.59 Å². The molecule has 0 unspecified atom stereocenters. The summed E-state index contributed by atoms with van der Waals surface area (Å²) in [5.74, 6) is -0.526. The van der Waals surface area contributed by atoms with Gasteiger partial charge in [-0.15, -0.1) is 0 Å². The highest BCUT2D eigenvalue weighted by atomic mass is 35.5. The number of hydrogen-bond acceptors (Lipinski definition) is 4. The molecule has 1 aliphatic heterocycles. The summed E-state index contributed by atoms with van der Waals surface area (Å²) in [6.45, 7) is 3.92. The van der Waals surface area contributed by atoms with E-state index in [1.54, 1.807) is 18.2 Å². The molecule has 5 nitrogen and oxygen atoms in total. The third-order valence-corrected chi connectivity index (χ3v) is 5.42. The van der Waals surface area contributed by atoms with Crippen molar-refractivity contribution in [3.63, 3.8) is 0 Å². The summed E-state index contributed by atoms with van der Waals surface area (Å²) in [5, 5.41) is 3.62. The Kier molecular flexibility index (Phi) is 5.53. The highest BCUT2D eigenvalue weighted by molar-refractivity contribution is 6.46. The van der Waals surface area contributed by atoms with Crippen LogP contribution in [0.2, 0.25) is 5.02 Å². The summed E-state index contributed by atoms with van der Waals surface area (Å²) in [6, 6.07) is 19.9. The molecular formula is C25H21ClN2O3. The number of carbonyl (C=O) groups is 2. The maximum Gasteiger partial charge on any atom is 0.282 e.